The molecule has 1 unspecified atom stereocenters. The molecule has 2 heteroatoms. The normalized spacial score (nSPS) is 13.5. The first-order chi connectivity index (χ1) is 5.79. The lowest BCUT2D eigenvalue weighted by atomic mass is 10.2. The number of allylic oxidation sites excluding steroid dienone is 1. The minimum Gasteiger partial charge on any atom is -0.318 e. The van der Waals surface area contributed by atoms with Crippen molar-refractivity contribution in [1.29, 1.82) is 0 Å². The molecule has 0 bridgehead atoms. The summed E-state index contributed by atoms with van der Waals surface area (Å²) in [5.74, 6) is 0. The van der Waals surface area contributed by atoms with Gasteiger partial charge in [-0.3, -0.25) is 0 Å². The van der Waals surface area contributed by atoms with E-state index in [1.807, 2.05) is 42.5 Å². The van der Waals surface area contributed by atoms with E-state index in [-0.39, 0.29) is 0 Å². The van der Waals surface area contributed by atoms with E-state index in [1.165, 1.54) is 0 Å². The molecule has 0 radical (unpaired) electrons. The quantitative estimate of drug-likeness (QED) is 0.495. The van der Waals surface area contributed by atoms with Crippen LogP contribution in [0.5, 0.6) is 0 Å². The lowest BCUT2D eigenvalue weighted by Gasteiger charge is -1.92. The highest BCUT2D eigenvalue weighted by Crippen LogP contribution is 2.03. The summed E-state index contributed by atoms with van der Waals surface area (Å²) in [4.78, 5) is 0. The van der Waals surface area contributed by atoms with Crippen molar-refractivity contribution in [2.24, 2.45) is 0 Å². The van der Waals surface area contributed by atoms with Gasteiger partial charge < -0.3 is 4.11 Å². The Hall–Kier alpha value is -0.893. The fraction of sp³-hybridized carbons (Fsp3) is 0.200. The molecular weight excluding hydrogens is 167 g/mol. The van der Waals surface area contributed by atoms with Gasteiger partial charge in [0.1, 0.15) is 0 Å². The van der Waals surface area contributed by atoms with E-state index >= 15 is 0 Å². The van der Waals surface area contributed by atoms with Crippen LogP contribution in [0.3, 0.4) is 0 Å². The first kappa shape index (κ1) is 9.20. The van der Waals surface area contributed by atoms with E-state index in [0.29, 0.717) is 6.04 Å². The van der Waals surface area contributed by atoms with Gasteiger partial charge in [-0.1, -0.05) is 42.5 Å². The number of rotatable bonds is 3. The molecule has 12 heavy (non-hydrogen) atoms. The Kier molecular flexibility index (Phi) is 3.74. The Bertz CT molecular complexity index is 241. The zero-order chi connectivity index (χ0) is 8.81. The predicted octanol–water partition coefficient (Wildman–Crippen LogP) is 3.02. The average Bonchev–Trinajstić information content (AvgIpc) is 2.05. The van der Waals surface area contributed by atoms with E-state index in [1.54, 1.807) is 6.55 Å². The maximum absolute atomic E-state index is 12.5. The summed E-state index contributed by atoms with van der Waals surface area (Å²) in [6, 6.07) is 10.6. The molecule has 0 fully saturated rings. The summed E-state index contributed by atoms with van der Waals surface area (Å²) >= 11 is 0. The molecular formula is C10H13FSi. The molecule has 0 nitrogen and oxygen atoms in total. The molecule has 1 aromatic rings. The number of hydrogen-bond donors (Lipinski definition) is 0. The Balaban J connectivity index is 2.47. The molecule has 0 N–H and O–H groups in total. The first-order valence-electron chi connectivity index (χ1n) is 4.14. The van der Waals surface area contributed by atoms with Gasteiger partial charge in [-0.05, 0) is 18.2 Å². The molecule has 0 aromatic heterocycles. The molecule has 0 saturated heterocycles. The zero-order valence-corrected chi connectivity index (χ0v) is 8.36. The molecule has 0 amide bonds. The van der Waals surface area contributed by atoms with Crippen molar-refractivity contribution in [1.82, 2.24) is 0 Å². The average molecular weight is 180 g/mol. The molecule has 0 aliphatic rings. The Morgan fingerprint density at radius 2 is 2.00 bits per heavy atom. The van der Waals surface area contributed by atoms with E-state index in [2.05, 4.69) is 0 Å². The maximum Gasteiger partial charge on any atom is 0.232 e. The van der Waals surface area contributed by atoms with E-state index < -0.39 is 9.13 Å². The summed E-state index contributed by atoms with van der Waals surface area (Å²) in [5, 5.41) is 0. The van der Waals surface area contributed by atoms with Crippen molar-refractivity contribution >= 4 is 15.2 Å². The SMILES string of the molecule is C[SiH](F)CC=Cc1ccccc1. The van der Waals surface area contributed by atoms with Crippen molar-refractivity contribution in [2.75, 3.05) is 0 Å². The number of benzene rings is 1. The van der Waals surface area contributed by atoms with E-state index in [0.717, 1.165) is 5.56 Å². The summed E-state index contributed by atoms with van der Waals surface area (Å²) in [6.45, 7) is 1.70. The highest BCUT2D eigenvalue weighted by atomic mass is 28.3. The minimum absolute atomic E-state index is 0.634. The molecule has 0 aliphatic carbocycles. The Labute approximate surface area is 74.5 Å². The van der Waals surface area contributed by atoms with Crippen molar-refractivity contribution in [3.8, 4) is 0 Å². The van der Waals surface area contributed by atoms with Gasteiger partial charge >= 0.3 is 0 Å². The highest BCUT2D eigenvalue weighted by molar-refractivity contribution is 6.49. The van der Waals surface area contributed by atoms with Crippen LogP contribution in [-0.2, 0) is 0 Å². The second kappa shape index (κ2) is 4.88. The topological polar surface area (TPSA) is 0 Å². The van der Waals surface area contributed by atoms with Crippen molar-refractivity contribution in [3.63, 3.8) is 0 Å². The van der Waals surface area contributed by atoms with Crippen LogP contribution in [0, 0.1) is 0 Å². The molecule has 0 heterocycles. The summed E-state index contributed by atoms with van der Waals surface area (Å²) < 4.78 is 12.5. The van der Waals surface area contributed by atoms with E-state index in [4.69, 9.17) is 0 Å². The standard InChI is InChI=1S/C10H13FSi/c1-12(11)9-5-8-10-6-3-2-4-7-10/h2-8,12H,9H2,1H3. The van der Waals surface area contributed by atoms with Crippen LogP contribution in [0.4, 0.5) is 4.11 Å². The first-order valence-corrected chi connectivity index (χ1v) is 6.55. The number of hydrogen-bond acceptors (Lipinski definition) is 0. The third-order valence-corrected chi connectivity index (χ3v) is 2.49. The van der Waals surface area contributed by atoms with Crippen LogP contribution in [-0.4, -0.2) is 9.13 Å². The van der Waals surface area contributed by atoms with Crippen LogP contribution in [0.25, 0.3) is 6.08 Å². The molecule has 0 aliphatic heterocycles. The van der Waals surface area contributed by atoms with Gasteiger partial charge in [-0.15, -0.1) is 0 Å². The lowest BCUT2D eigenvalue weighted by molar-refractivity contribution is 0.838. The lowest BCUT2D eigenvalue weighted by Crippen LogP contribution is -1.92. The second-order valence-corrected chi connectivity index (χ2v) is 4.86. The maximum atomic E-state index is 12.5. The van der Waals surface area contributed by atoms with Crippen LogP contribution in [0.15, 0.2) is 36.4 Å². The molecule has 1 rings (SSSR count). The van der Waals surface area contributed by atoms with Gasteiger partial charge in [0.2, 0.25) is 9.13 Å². The third kappa shape index (κ3) is 3.48. The van der Waals surface area contributed by atoms with Gasteiger partial charge in [0.25, 0.3) is 0 Å². The molecule has 1 atom stereocenters. The zero-order valence-electron chi connectivity index (χ0n) is 7.20. The van der Waals surface area contributed by atoms with Gasteiger partial charge in [0.05, 0.1) is 0 Å². The van der Waals surface area contributed by atoms with Gasteiger partial charge in [0.15, 0.2) is 0 Å². The van der Waals surface area contributed by atoms with Gasteiger partial charge in [0, 0.05) is 0 Å². The Morgan fingerprint density at radius 1 is 1.33 bits per heavy atom. The van der Waals surface area contributed by atoms with Gasteiger partial charge in [-0.2, -0.15) is 0 Å². The molecule has 64 valence electrons. The Morgan fingerprint density at radius 3 is 2.58 bits per heavy atom. The van der Waals surface area contributed by atoms with Crippen molar-refractivity contribution in [3.05, 3.63) is 42.0 Å². The third-order valence-electron chi connectivity index (χ3n) is 1.57. The monoisotopic (exact) mass is 180 g/mol. The van der Waals surface area contributed by atoms with Crippen molar-refractivity contribution < 1.29 is 4.11 Å². The van der Waals surface area contributed by atoms with E-state index in [9.17, 15) is 4.11 Å². The van der Waals surface area contributed by atoms with Crippen molar-refractivity contribution in [2.45, 2.75) is 12.6 Å². The number of halogens is 1. The van der Waals surface area contributed by atoms with Crippen LogP contribution in [0.2, 0.25) is 12.6 Å². The minimum atomic E-state index is -1.90. The summed E-state index contributed by atoms with van der Waals surface area (Å²) in [7, 11) is -1.90. The fourth-order valence-electron chi connectivity index (χ4n) is 0.956. The molecule has 0 spiro atoms. The van der Waals surface area contributed by atoms with Crippen LogP contribution < -0.4 is 0 Å². The largest absolute Gasteiger partial charge is 0.318 e. The van der Waals surface area contributed by atoms with Gasteiger partial charge in [-0.25, -0.2) is 0 Å². The van der Waals surface area contributed by atoms with Crippen LogP contribution >= 0.6 is 0 Å². The smallest absolute Gasteiger partial charge is 0.232 e. The highest BCUT2D eigenvalue weighted by Gasteiger charge is 1.95. The second-order valence-electron chi connectivity index (χ2n) is 2.83. The summed E-state index contributed by atoms with van der Waals surface area (Å²) in [6.07, 6.45) is 3.90. The summed E-state index contributed by atoms with van der Waals surface area (Å²) in [5.41, 5.74) is 1.15. The molecule has 0 saturated carbocycles. The fourth-order valence-corrected chi connectivity index (χ4v) is 1.47. The molecule has 1 aromatic carbocycles. The predicted molar refractivity (Wildman–Crippen MR) is 54.4 cm³/mol. The van der Waals surface area contributed by atoms with Crippen LogP contribution in [0.1, 0.15) is 5.56 Å².